The number of halogens is 1. The SMILES string of the molecule is CCC(N)Cc1cc(Cl)ccc1Sc1n[nH]c(=O)n1CC. The molecule has 1 heterocycles. The van der Waals surface area contributed by atoms with Crippen molar-refractivity contribution < 1.29 is 0 Å². The number of nitrogens with zero attached hydrogens (tertiary/aromatic N) is 2. The molecule has 21 heavy (non-hydrogen) atoms. The fourth-order valence-electron chi connectivity index (χ4n) is 1.99. The van der Waals surface area contributed by atoms with Crippen LogP contribution >= 0.6 is 23.4 Å². The second-order valence-electron chi connectivity index (χ2n) is 4.78. The topological polar surface area (TPSA) is 76.7 Å². The number of aromatic amines is 1. The minimum absolute atomic E-state index is 0.0929. The van der Waals surface area contributed by atoms with Gasteiger partial charge in [0.25, 0.3) is 0 Å². The number of nitrogens with two attached hydrogens (primary N) is 1. The highest BCUT2D eigenvalue weighted by molar-refractivity contribution is 7.99. The summed E-state index contributed by atoms with van der Waals surface area (Å²) in [5.41, 5.74) is 6.94. The van der Waals surface area contributed by atoms with Crippen LogP contribution in [0.25, 0.3) is 0 Å². The first kappa shape index (κ1) is 16.1. The van der Waals surface area contributed by atoms with Crippen LogP contribution < -0.4 is 11.4 Å². The lowest BCUT2D eigenvalue weighted by molar-refractivity contribution is 0.640. The third-order valence-corrected chi connectivity index (χ3v) is 4.62. The molecule has 0 amide bonds. The molecule has 1 aromatic heterocycles. The molecular formula is C14H19ClN4OS. The third kappa shape index (κ3) is 3.90. The van der Waals surface area contributed by atoms with Crippen molar-refractivity contribution in [2.24, 2.45) is 5.73 Å². The van der Waals surface area contributed by atoms with Crippen LogP contribution in [0.3, 0.4) is 0 Å². The van der Waals surface area contributed by atoms with E-state index < -0.39 is 0 Å². The van der Waals surface area contributed by atoms with E-state index in [1.165, 1.54) is 11.8 Å². The maximum absolute atomic E-state index is 11.6. The zero-order valence-electron chi connectivity index (χ0n) is 12.1. The average molecular weight is 327 g/mol. The number of hydrogen-bond acceptors (Lipinski definition) is 4. The van der Waals surface area contributed by atoms with Gasteiger partial charge in [0, 0.05) is 22.5 Å². The van der Waals surface area contributed by atoms with Crippen molar-refractivity contribution in [3.8, 4) is 0 Å². The van der Waals surface area contributed by atoms with Gasteiger partial charge in [0.2, 0.25) is 0 Å². The van der Waals surface area contributed by atoms with Crippen LogP contribution in [0, 0.1) is 0 Å². The third-order valence-electron chi connectivity index (χ3n) is 3.27. The average Bonchev–Trinajstić information content (AvgIpc) is 2.81. The van der Waals surface area contributed by atoms with Crippen LogP contribution in [-0.4, -0.2) is 20.8 Å². The van der Waals surface area contributed by atoms with Gasteiger partial charge >= 0.3 is 5.69 Å². The van der Waals surface area contributed by atoms with Gasteiger partial charge in [-0.05, 0) is 55.3 Å². The van der Waals surface area contributed by atoms with Crippen molar-refractivity contribution in [1.29, 1.82) is 0 Å². The summed E-state index contributed by atoms with van der Waals surface area (Å²) in [7, 11) is 0. The summed E-state index contributed by atoms with van der Waals surface area (Å²) < 4.78 is 1.60. The van der Waals surface area contributed by atoms with Gasteiger partial charge < -0.3 is 5.73 Å². The van der Waals surface area contributed by atoms with Crippen LogP contribution in [-0.2, 0) is 13.0 Å². The fourth-order valence-corrected chi connectivity index (χ4v) is 3.21. The number of hydrogen-bond donors (Lipinski definition) is 2. The first-order valence-corrected chi connectivity index (χ1v) is 8.11. The maximum atomic E-state index is 11.6. The molecule has 0 saturated heterocycles. The molecular weight excluding hydrogens is 308 g/mol. The van der Waals surface area contributed by atoms with Crippen molar-refractivity contribution in [1.82, 2.24) is 14.8 Å². The number of H-pyrrole nitrogens is 1. The molecule has 0 fully saturated rings. The monoisotopic (exact) mass is 326 g/mol. The quantitative estimate of drug-likeness (QED) is 0.855. The highest BCUT2D eigenvalue weighted by atomic mass is 35.5. The Morgan fingerprint density at radius 2 is 2.24 bits per heavy atom. The lowest BCUT2D eigenvalue weighted by Gasteiger charge is -2.13. The van der Waals surface area contributed by atoms with Gasteiger partial charge in [-0.15, -0.1) is 5.10 Å². The second-order valence-corrected chi connectivity index (χ2v) is 6.23. The van der Waals surface area contributed by atoms with Crippen LogP contribution in [0.4, 0.5) is 0 Å². The number of rotatable bonds is 6. The van der Waals surface area contributed by atoms with Crippen LogP contribution in [0.15, 0.2) is 33.0 Å². The molecule has 0 aliphatic heterocycles. The molecule has 5 nitrogen and oxygen atoms in total. The summed E-state index contributed by atoms with van der Waals surface area (Å²) >= 11 is 7.54. The predicted molar refractivity (Wildman–Crippen MR) is 86.1 cm³/mol. The Balaban J connectivity index is 2.32. The zero-order valence-corrected chi connectivity index (χ0v) is 13.7. The van der Waals surface area contributed by atoms with E-state index in [4.69, 9.17) is 17.3 Å². The van der Waals surface area contributed by atoms with Crippen LogP contribution in [0.5, 0.6) is 0 Å². The summed E-state index contributed by atoms with van der Waals surface area (Å²) in [6.07, 6.45) is 1.65. The number of benzene rings is 1. The Hall–Kier alpha value is -1.24. The maximum Gasteiger partial charge on any atom is 0.343 e. The number of aromatic nitrogens is 3. The summed E-state index contributed by atoms with van der Waals surface area (Å²) in [6, 6.07) is 5.81. The Labute approximate surface area is 132 Å². The molecule has 3 N–H and O–H groups in total. The molecule has 2 aromatic rings. The largest absolute Gasteiger partial charge is 0.343 e. The minimum atomic E-state index is -0.194. The summed E-state index contributed by atoms with van der Waals surface area (Å²) in [4.78, 5) is 12.6. The van der Waals surface area contributed by atoms with Crippen molar-refractivity contribution >= 4 is 23.4 Å². The van der Waals surface area contributed by atoms with E-state index >= 15 is 0 Å². The zero-order chi connectivity index (χ0) is 15.4. The standard InChI is InChI=1S/C14H19ClN4OS/c1-3-11(16)8-9-7-10(15)5-6-12(9)21-14-18-17-13(20)19(14)4-2/h5-7,11H,3-4,8,16H2,1-2H3,(H,17,20). The smallest absolute Gasteiger partial charge is 0.327 e. The van der Waals surface area contributed by atoms with Crippen molar-refractivity contribution in [2.75, 3.05) is 0 Å². The van der Waals surface area contributed by atoms with E-state index in [2.05, 4.69) is 17.1 Å². The molecule has 0 radical (unpaired) electrons. The van der Waals surface area contributed by atoms with Crippen molar-refractivity contribution in [3.05, 3.63) is 39.3 Å². The van der Waals surface area contributed by atoms with Crippen LogP contribution in [0.2, 0.25) is 5.02 Å². The van der Waals surface area contributed by atoms with E-state index in [0.717, 1.165) is 23.3 Å². The second kappa shape index (κ2) is 7.15. The Morgan fingerprint density at radius 1 is 1.48 bits per heavy atom. The molecule has 1 unspecified atom stereocenters. The highest BCUT2D eigenvalue weighted by Gasteiger charge is 2.13. The number of nitrogens with one attached hydrogen (secondary N) is 1. The van der Waals surface area contributed by atoms with Gasteiger partial charge in [-0.25, -0.2) is 9.89 Å². The van der Waals surface area contributed by atoms with Gasteiger partial charge in [0.05, 0.1) is 0 Å². The van der Waals surface area contributed by atoms with Gasteiger partial charge in [0.15, 0.2) is 5.16 Å². The van der Waals surface area contributed by atoms with E-state index in [0.29, 0.717) is 16.7 Å². The molecule has 2 rings (SSSR count). The lowest BCUT2D eigenvalue weighted by atomic mass is 10.0. The van der Waals surface area contributed by atoms with Crippen molar-refractivity contribution in [2.45, 2.75) is 49.3 Å². The fraction of sp³-hybridized carbons (Fsp3) is 0.429. The van der Waals surface area contributed by atoms with Gasteiger partial charge in [-0.1, -0.05) is 18.5 Å². The first-order valence-electron chi connectivity index (χ1n) is 6.92. The molecule has 0 saturated carbocycles. The van der Waals surface area contributed by atoms with Gasteiger partial charge in [0.1, 0.15) is 0 Å². The Morgan fingerprint density at radius 3 is 2.90 bits per heavy atom. The summed E-state index contributed by atoms with van der Waals surface area (Å²) in [5.74, 6) is 0. The molecule has 114 valence electrons. The molecule has 0 aliphatic carbocycles. The summed E-state index contributed by atoms with van der Waals surface area (Å²) in [5, 5.41) is 7.88. The van der Waals surface area contributed by atoms with Gasteiger partial charge in [-0.3, -0.25) is 4.57 Å². The van der Waals surface area contributed by atoms with Gasteiger partial charge in [-0.2, -0.15) is 0 Å². The Bertz CT molecular complexity index is 667. The lowest BCUT2D eigenvalue weighted by Crippen LogP contribution is -2.21. The van der Waals surface area contributed by atoms with E-state index in [1.807, 2.05) is 25.1 Å². The molecule has 0 aliphatic rings. The minimum Gasteiger partial charge on any atom is -0.327 e. The molecule has 1 aromatic carbocycles. The first-order chi connectivity index (χ1) is 10.0. The predicted octanol–water partition coefficient (Wildman–Crippen LogP) is 2.68. The van der Waals surface area contributed by atoms with E-state index in [1.54, 1.807) is 4.57 Å². The molecule has 1 atom stereocenters. The van der Waals surface area contributed by atoms with E-state index in [-0.39, 0.29) is 11.7 Å². The van der Waals surface area contributed by atoms with E-state index in [9.17, 15) is 4.79 Å². The highest BCUT2D eigenvalue weighted by Crippen LogP contribution is 2.31. The molecule has 0 spiro atoms. The van der Waals surface area contributed by atoms with Crippen molar-refractivity contribution in [3.63, 3.8) is 0 Å². The molecule has 7 heteroatoms. The normalized spacial score (nSPS) is 12.6. The summed E-state index contributed by atoms with van der Waals surface area (Å²) in [6.45, 7) is 4.55. The molecule has 0 bridgehead atoms. The van der Waals surface area contributed by atoms with Crippen LogP contribution in [0.1, 0.15) is 25.8 Å². The Kier molecular flexibility index (Phi) is 5.50.